The van der Waals surface area contributed by atoms with Crippen molar-refractivity contribution in [3.05, 3.63) is 64.7 Å². The fourth-order valence-corrected chi connectivity index (χ4v) is 4.50. The van der Waals surface area contributed by atoms with Crippen LogP contribution in [0.15, 0.2) is 48.5 Å². The molecule has 0 radical (unpaired) electrons. The minimum atomic E-state index is -0.418. The van der Waals surface area contributed by atoms with E-state index in [2.05, 4.69) is 25.9 Å². The highest BCUT2D eigenvalue weighted by atomic mass is 32.1. The van der Waals surface area contributed by atoms with Gasteiger partial charge in [-0.05, 0) is 43.7 Å². The van der Waals surface area contributed by atoms with Crippen LogP contribution in [0.4, 0.5) is 20.7 Å². The van der Waals surface area contributed by atoms with Crippen LogP contribution in [0.1, 0.15) is 20.9 Å². The highest BCUT2D eigenvalue weighted by Gasteiger charge is 2.18. The molecular weight excluding hydrogens is 406 g/mol. The minimum Gasteiger partial charge on any atom is -0.308 e. The van der Waals surface area contributed by atoms with Crippen LogP contribution in [0, 0.1) is 13.8 Å². The predicted octanol–water partition coefficient (Wildman–Crippen LogP) is 5.27. The van der Waals surface area contributed by atoms with Crippen LogP contribution < -0.4 is 16.0 Å². The van der Waals surface area contributed by atoms with Crippen molar-refractivity contribution in [1.29, 1.82) is 0 Å². The van der Waals surface area contributed by atoms with E-state index >= 15 is 0 Å². The molecule has 2 aromatic heterocycles. The van der Waals surface area contributed by atoms with Gasteiger partial charge in [0.2, 0.25) is 0 Å². The molecule has 3 N–H and O–H groups in total. The number of rotatable bonds is 4. The number of benzene rings is 2. The van der Waals surface area contributed by atoms with E-state index in [0.717, 1.165) is 27.1 Å². The number of para-hydroxylation sites is 1. The van der Waals surface area contributed by atoms with E-state index in [0.29, 0.717) is 26.5 Å². The van der Waals surface area contributed by atoms with Crippen LogP contribution >= 0.6 is 22.7 Å². The van der Waals surface area contributed by atoms with Crippen LogP contribution in [0.25, 0.3) is 10.2 Å². The molecule has 0 aliphatic carbocycles. The number of urea groups is 1. The second kappa shape index (κ2) is 7.98. The summed E-state index contributed by atoms with van der Waals surface area (Å²) in [5.74, 6) is -0.299. The van der Waals surface area contributed by atoms with Gasteiger partial charge in [0.15, 0.2) is 10.3 Å². The Morgan fingerprint density at radius 3 is 2.41 bits per heavy atom. The van der Waals surface area contributed by atoms with Crippen LogP contribution in [-0.4, -0.2) is 21.9 Å². The predicted molar refractivity (Wildman–Crippen MR) is 118 cm³/mol. The molecule has 0 spiro atoms. The lowest BCUT2D eigenvalue weighted by Crippen LogP contribution is -2.19. The van der Waals surface area contributed by atoms with Crippen LogP contribution in [-0.2, 0) is 0 Å². The second-order valence-corrected chi connectivity index (χ2v) is 8.35. The Kier molecular flexibility index (Phi) is 5.24. The first-order valence-corrected chi connectivity index (χ1v) is 10.4. The van der Waals surface area contributed by atoms with Crippen molar-refractivity contribution >= 4 is 60.8 Å². The van der Waals surface area contributed by atoms with Crippen molar-refractivity contribution in [1.82, 2.24) is 9.97 Å². The Morgan fingerprint density at radius 1 is 0.862 bits per heavy atom. The van der Waals surface area contributed by atoms with Gasteiger partial charge in [0, 0.05) is 5.69 Å². The molecule has 146 valence electrons. The molecular formula is C20H17N5O2S2. The fourth-order valence-electron chi connectivity index (χ4n) is 2.68. The number of fused-ring (bicyclic) bond motifs is 1. The second-order valence-electron chi connectivity index (χ2n) is 6.32. The number of nitrogens with one attached hydrogen (secondary N) is 3. The molecule has 0 bridgehead atoms. The molecule has 29 heavy (non-hydrogen) atoms. The number of hydrogen-bond acceptors (Lipinski definition) is 6. The topological polar surface area (TPSA) is 96.0 Å². The lowest BCUT2D eigenvalue weighted by Gasteiger charge is -2.04. The van der Waals surface area contributed by atoms with Crippen molar-refractivity contribution in [2.45, 2.75) is 13.8 Å². The number of hydrogen-bond donors (Lipinski definition) is 3. The van der Waals surface area contributed by atoms with Crippen molar-refractivity contribution in [2.24, 2.45) is 0 Å². The number of amides is 3. The molecule has 0 saturated heterocycles. The Bertz CT molecular complexity index is 1200. The van der Waals surface area contributed by atoms with E-state index in [-0.39, 0.29) is 5.91 Å². The number of thiazole rings is 2. The molecule has 2 aromatic carbocycles. The largest absolute Gasteiger partial charge is 0.325 e. The summed E-state index contributed by atoms with van der Waals surface area (Å²) in [7, 11) is 0. The van der Waals surface area contributed by atoms with Gasteiger partial charge in [-0.25, -0.2) is 14.8 Å². The molecule has 0 aliphatic rings. The summed E-state index contributed by atoms with van der Waals surface area (Å²) in [5, 5.41) is 9.08. The van der Waals surface area contributed by atoms with E-state index in [1.54, 1.807) is 19.1 Å². The summed E-state index contributed by atoms with van der Waals surface area (Å²) >= 11 is 2.54. The van der Waals surface area contributed by atoms with Crippen LogP contribution in [0.2, 0.25) is 0 Å². The molecule has 4 aromatic rings. The highest BCUT2D eigenvalue weighted by Crippen LogP contribution is 2.29. The lowest BCUT2D eigenvalue weighted by atomic mass is 10.2. The molecule has 4 rings (SSSR count). The lowest BCUT2D eigenvalue weighted by molar-refractivity contribution is 0.103. The first kappa shape index (κ1) is 19.0. The summed E-state index contributed by atoms with van der Waals surface area (Å²) in [6.45, 7) is 3.74. The number of carbonyl (C=O) groups excluding carboxylic acids is 2. The zero-order valence-corrected chi connectivity index (χ0v) is 17.3. The maximum absolute atomic E-state index is 12.7. The number of nitrogens with zero attached hydrogens (tertiary/aromatic N) is 2. The summed E-state index contributed by atoms with van der Waals surface area (Å²) in [6, 6.07) is 14.6. The Balaban J connectivity index is 1.45. The maximum atomic E-state index is 12.7. The maximum Gasteiger partial charge on any atom is 0.325 e. The van der Waals surface area contributed by atoms with E-state index < -0.39 is 6.03 Å². The Hall–Kier alpha value is -3.30. The Morgan fingerprint density at radius 2 is 1.62 bits per heavy atom. The SMILES string of the molecule is Cc1ccc2nc(NC(=O)c3sc(NC(=O)Nc4ccccc4)nc3C)sc2c1. The zero-order valence-electron chi connectivity index (χ0n) is 15.6. The monoisotopic (exact) mass is 423 g/mol. The van der Waals surface area contributed by atoms with Crippen molar-refractivity contribution < 1.29 is 9.59 Å². The number of carbonyl (C=O) groups is 2. The first-order valence-electron chi connectivity index (χ1n) is 8.77. The van der Waals surface area contributed by atoms with E-state index in [4.69, 9.17) is 0 Å². The smallest absolute Gasteiger partial charge is 0.308 e. The standard InChI is InChI=1S/C20H17N5O2S2/c1-11-8-9-14-15(10-11)28-20(23-14)24-17(26)16-12(2)21-19(29-16)25-18(27)22-13-6-4-3-5-7-13/h3-10H,1-2H3,(H,23,24,26)(H2,21,22,25,27). The molecule has 0 saturated carbocycles. The average molecular weight is 424 g/mol. The first-order chi connectivity index (χ1) is 14.0. The number of aryl methyl sites for hydroxylation is 2. The molecule has 7 nitrogen and oxygen atoms in total. The van der Waals surface area contributed by atoms with E-state index in [1.165, 1.54) is 11.3 Å². The molecule has 0 fully saturated rings. The third-order valence-electron chi connectivity index (χ3n) is 4.02. The van der Waals surface area contributed by atoms with Gasteiger partial charge in [-0.3, -0.25) is 15.4 Å². The Labute approximate surface area is 174 Å². The van der Waals surface area contributed by atoms with Crippen LogP contribution in [0.3, 0.4) is 0 Å². The quantitative estimate of drug-likeness (QED) is 0.417. The molecule has 9 heteroatoms. The van der Waals surface area contributed by atoms with Gasteiger partial charge in [0.25, 0.3) is 5.91 Å². The van der Waals surface area contributed by atoms with Crippen molar-refractivity contribution in [3.63, 3.8) is 0 Å². The third kappa shape index (κ3) is 4.41. The van der Waals surface area contributed by atoms with Gasteiger partial charge in [0.05, 0.1) is 15.9 Å². The zero-order chi connectivity index (χ0) is 20.4. The molecule has 2 heterocycles. The molecule has 3 amide bonds. The molecule has 0 atom stereocenters. The summed E-state index contributed by atoms with van der Waals surface area (Å²) in [4.78, 5) is 33.9. The van der Waals surface area contributed by atoms with Gasteiger partial charge < -0.3 is 5.32 Å². The number of anilines is 3. The molecule has 0 aliphatic heterocycles. The van der Waals surface area contributed by atoms with Gasteiger partial charge >= 0.3 is 6.03 Å². The van der Waals surface area contributed by atoms with Gasteiger partial charge in [-0.2, -0.15) is 0 Å². The normalized spacial score (nSPS) is 10.7. The summed E-state index contributed by atoms with van der Waals surface area (Å²) < 4.78 is 1.02. The third-order valence-corrected chi connectivity index (χ3v) is 6.02. The number of aromatic nitrogens is 2. The van der Waals surface area contributed by atoms with Crippen molar-refractivity contribution in [3.8, 4) is 0 Å². The minimum absolute atomic E-state index is 0.299. The highest BCUT2D eigenvalue weighted by molar-refractivity contribution is 7.22. The van der Waals surface area contributed by atoms with E-state index in [9.17, 15) is 9.59 Å². The average Bonchev–Trinajstić information content (AvgIpc) is 3.24. The fraction of sp³-hybridized carbons (Fsp3) is 0.100. The van der Waals surface area contributed by atoms with Crippen LogP contribution in [0.5, 0.6) is 0 Å². The van der Waals surface area contributed by atoms with Gasteiger partial charge in [0.1, 0.15) is 4.88 Å². The van der Waals surface area contributed by atoms with Gasteiger partial charge in [-0.1, -0.05) is 46.9 Å². The molecule has 0 unspecified atom stereocenters. The van der Waals surface area contributed by atoms with Gasteiger partial charge in [-0.15, -0.1) is 0 Å². The van der Waals surface area contributed by atoms with E-state index in [1.807, 2.05) is 43.3 Å². The van der Waals surface area contributed by atoms with Crippen molar-refractivity contribution in [2.75, 3.05) is 16.0 Å². The summed E-state index contributed by atoms with van der Waals surface area (Å²) in [6.07, 6.45) is 0. The summed E-state index contributed by atoms with van der Waals surface area (Å²) in [5.41, 5.74) is 3.19.